The molecule has 0 saturated carbocycles. The molecular weight excluding hydrogens is 448 g/mol. The Kier molecular flexibility index (Phi) is 9.08. The topological polar surface area (TPSA) is 53.0 Å². The largest absolute Gasteiger partial charge is 0.493 e. The van der Waals surface area contributed by atoms with E-state index in [0.29, 0.717) is 43.5 Å². The van der Waals surface area contributed by atoms with E-state index in [1.807, 2.05) is 23.1 Å². The van der Waals surface area contributed by atoms with Crippen molar-refractivity contribution in [3.63, 3.8) is 0 Å². The minimum Gasteiger partial charge on any atom is -0.493 e. The molecule has 1 N–H and O–H groups in total. The van der Waals surface area contributed by atoms with Gasteiger partial charge in [0.2, 0.25) is 0 Å². The van der Waals surface area contributed by atoms with Crippen LogP contribution in [-0.2, 0) is 13.0 Å². The van der Waals surface area contributed by atoms with Crippen LogP contribution >= 0.6 is 0 Å². The molecule has 2 bridgehead atoms. The highest BCUT2D eigenvalue weighted by molar-refractivity contribution is 5.94. The van der Waals surface area contributed by atoms with Crippen molar-refractivity contribution in [2.75, 3.05) is 32.8 Å². The highest BCUT2D eigenvalue weighted by Crippen LogP contribution is 2.27. The lowest BCUT2D eigenvalue weighted by Crippen LogP contribution is -2.40. The van der Waals surface area contributed by atoms with Crippen molar-refractivity contribution < 1.29 is 14.6 Å². The smallest absolute Gasteiger partial charge is 0.253 e. The van der Waals surface area contributed by atoms with Crippen LogP contribution in [0.1, 0.15) is 86.3 Å². The van der Waals surface area contributed by atoms with Gasteiger partial charge < -0.3 is 14.7 Å². The zero-order chi connectivity index (χ0) is 25.5. The number of aliphatic hydroxyl groups excluding tert-OH is 1. The van der Waals surface area contributed by atoms with Crippen molar-refractivity contribution in [3.8, 4) is 5.75 Å². The summed E-state index contributed by atoms with van der Waals surface area (Å²) in [4.78, 5) is 17.7. The van der Waals surface area contributed by atoms with Gasteiger partial charge in [-0.3, -0.25) is 9.69 Å². The second-order valence-corrected chi connectivity index (χ2v) is 11.8. The van der Waals surface area contributed by atoms with Crippen LogP contribution in [0, 0.1) is 5.41 Å². The molecule has 0 unspecified atom stereocenters. The Balaban J connectivity index is 1.55. The minimum absolute atomic E-state index is 0.0485. The molecule has 36 heavy (non-hydrogen) atoms. The van der Waals surface area contributed by atoms with Gasteiger partial charge in [-0.25, -0.2) is 0 Å². The molecule has 5 nitrogen and oxygen atoms in total. The minimum atomic E-state index is -0.288. The number of piperidine rings is 1. The summed E-state index contributed by atoms with van der Waals surface area (Å²) in [6.45, 7) is 12.1. The molecule has 2 aromatic rings. The van der Waals surface area contributed by atoms with Crippen LogP contribution < -0.4 is 4.74 Å². The second kappa shape index (κ2) is 12.2. The predicted molar refractivity (Wildman–Crippen MR) is 146 cm³/mol. The number of amides is 1. The molecule has 4 rings (SSSR count). The molecule has 2 aliphatic rings. The average molecular weight is 493 g/mol. The number of rotatable bonds is 3. The Bertz CT molecular complexity index is 1010. The number of nitrogens with zero attached hydrogens (tertiary/aromatic N) is 2. The molecule has 1 amide bonds. The van der Waals surface area contributed by atoms with Gasteiger partial charge in [-0.05, 0) is 91.9 Å². The Hall–Kier alpha value is -2.37. The van der Waals surface area contributed by atoms with E-state index in [1.165, 1.54) is 24.0 Å². The van der Waals surface area contributed by atoms with E-state index >= 15 is 0 Å². The molecule has 2 aromatic carbocycles. The van der Waals surface area contributed by atoms with Crippen LogP contribution in [-0.4, -0.2) is 59.7 Å². The van der Waals surface area contributed by atoms with Crippen LogP contribution in [0.25, 0.3) is 0 Å². The summed E-state index contributed by atoms with van der Waals surface area (Å²) in [5.74, 6) is 0.933. The Morgan fingerprint density at radius 3 is 2.56 bits per heavy atom. The molecule has 0 radical (unpaired) electrons. The van der Waals surface area contributed by atoms with Gasteiger partial charge in [0.25, 0.3) is 5.91 Å². The molecule has 1 saturated heterocycles. The molecule has 5 heteroatoms. The second-order valence-electron chi connectivity index (χ2n) is 11.8. The number of fused-ring (bicyclic) bond motifs is 3. The van der Waals surface area contributed by atoms with E-state index in [0.717, 1.165) is 50.2 Å². The van der Waals surface area contributed by atoms with Crippen molar-refractivity contribution in [1.82, 2.24) is 9.80 Å². The lowest BCUT2D eigenvalue weighted by Gasteiger charge is -2.30. The maximum Gasteiger partial charge on any atom is 0.253 e. The molecule has 196 valence electrons. The first-order valence-electron chi connectivity index (χ1n) is 13.8. The van der Waals surface area contributed by atoms with E-state index in [-0.39, 0.29) is 12.0 Å². The fraction of sp³-hybridized carbons (Fsp3) is 0.581. The number of carbonyl (C=O) groups is 1. The molecule has 0 aliphatic carbocycles. The average Bonchev–Trinajstić information content (AvgIpc) is 2.84. The summed E-state index contributed by atoms with van der Waals surface area (Å²) >= 11 is 0. The zero-order valence-corrected chi connectivity index (χ0v) is 22.5. The van der Waals surface area contributed by atoms with Crippen molar-refractivity contribution in [2.45, 2.75) is 78.4 Å². The van der Waals surface area contributed by atoms with E-state index < -0.39 is 0 Å². The Morgan fingerprint density at radius 1 is 1.00 bits per heavy atom. The molecule has 0 atom stereocenters. The highest BCUT2D eigenvalue weighted by atomic mass is 16.5. The fourth-order valence-electron chi connectivity index (χ4n) is 5.12. The predicted octanol–water partition coefficient (Wildman–Crippen LogP) is 5.68. The van der Waals surface area contributed by atoms with Gasteiger partial charge in [0, 0.05) is 31.6 Å². The maximum absolute atomic E-state index is 13.2. The number of aliphatic hydroxyl groups is 1. The summed E-state index contributed by atoms with van der Waals surface area (Å²) in [5.41, 5.74) is 4.70. The van der Waals surface area contributed by atoms with Gasteiger partial charge in [0.05, 0.1) is 12.7 Å². The van der Waals surface area contributed by atoms with E-state index in [4.69, 9.17) is 4.74 Å². The molecule has 0 aromatic heterocycles. The van der Waals surface area contributed by atoms with E-state index in [9.17, 15) is 9.90 Å². The Morgan fingerprint density at radius 2 is 1.78 bits per heavy atom. The SMILES string of the molecule is CC(C)(C)CCN1CCCCCOc2ccc(C(=O)N3CCC(O)CC3)cc2Cc2cccc(c2)C1. The number of ether oxygens (including phenoxy) is 1. The third kappa shape index (κ3) is 7.81. The fourth-order valence-corrected chi connectivity index (χ4v) is 5.12. The summed E-state index contributed by atoms with van der Waals surface area (Å²) in [6, 6.07) is 14.8. The molecule has 0 spiro atoms. The van der Waals surface area contributed by atoms with Crippen molar-refractivity contribution in [2.24, 2.45) is 5.41 Å². The van der Waals surface area contributed by atoms with Gasteiger partial charge in [0.15, 0.2) is 0 Å². The van der Waals surface area contributed by atoms with Gasteiger partial charge in [-0.2, -0.15) is 0 Å². The number of hydrogen-bond donors (Lipinski definition) is 1. The third-order valence-corrected chi connectivity index (χ3v) is 7.41. The van der Waals surface area contributed by atoms with Gasteiger partial charge in [-0.1, -0.05) is 45.0 Å². The number of benzene rings is 2. The first-order valence-corrected chi connectivity index (χ1v) is 13.8. The van der Waals surface area contributed by atoms with Gasteiger partial charge in [0.1, 0.15) is 5.75 Å². The number of carbonyl (C=O) groups excluding carboxylic acids is 1. The summed E-state index contributed by atoms with van der Waals surface area (Å²) in [6.07, 6.45) is 6.31. The standard InChI is InChI=1S/C31H44N2O3/c1-31(2,3)14-18-32-15-5-4-6-19-36-29-11-10-26(30(35)33-16-12-28(34)13-17-33)22-27(29)21-24-8-7-9-25(20-24)23-32/h7-11,20,22,28,34H,4-6,12-19,21,23H2,1-3H3. The first-order chi connectivity index (χ1) is 17.3. The zero-order valence-electron chi connectivity index (χ0n) is 22.5. The van der Waals surface area contributed by atoms with Crippen LogP contribution in [0.4, 0.5) is 0 Å². The van der Waals surface area contributed by atoms with Crippen molar-refractivity contribution >= 4 is 5.91 Å². The number of likely N-dealkylation sites (tertiary alicyclic amines) is 1. The normalized spacial score (nSPS) is 18.7. The van der Waals surface area contributed by atoms with Gasteiger partial charge >= 0.3 is 0 Å². The van der Waals surface area contributed by atoms with Crippen molar-refractivity contribution in [1.29, 1.82) is 0 Å². The lowest BCUT2D eigenvalue weighted by molar-refractivity contribution is 0.0546. The molecule has 2 heterocycles. The quantitative estimate of drug-likeness (QED) is 0.599. The molecular formula is C31H44N2O3. The maximum atomic E-state index is 13.2. The summed E-state index contributed by atoms with van der Waals surface area (Å²) < 4.78 is 6.25. The molecule has 1 fully saturated rings. The van der Waals surface area contributed by atoms with Crippen LogP contribution in [0.3, 0.4) is 0 Å². The highest BCUT2D eigenvalue weighted by Gasteiger charge is 2.23. The molecule has 2 aliphatic heterocycles. The third-order valence-electron chi connectivity index (χ3n) is 7.41. The van der Waals surface area contributed by atoms with Crippen LogP contribution in [0.2, 0.25) is 0 Å². The van der Waals surface area contributed by atoms with E-state index in [1.54, 1.807) is 0 Å². The van der Waals surface area contributed by atoms with Gasteiger partial charge in [-0.15, -0.1) is 0 Å². The Labute approximate surface area is 217 Å². The van der Waals surface area contributed by atoms with Crippen LogP contribution in [0.15, 0.2) is 42.5 Å². The monoisotopic (exact) mass is 492 g/mol. The number of hydrogen-bond acceptors (Lipinski definition) is 4. The van der Waals surface area contributed by atoms with Crippen molar-refractivity contribution in [3.05, 3.63) is 64.7 Å². The van der Waals surface area contributed by atoms with Crippen LogP contribution in [0.5, 0.6) is 5.75 Å². The lowest BCUT2D eigenvalue weighted by atomic mass is 9.92. The summed E-state index contributed by atoms with van der Waals surface area (Å²) in [5, 5.41) is 9.82. The first kappa shape index (κ1) is 26.7. The van der Waals surface area contributed by atoms with E-state index in [2.05, 4.69) is 49.9 Å². The summed E-state index contributed by atoms with van der Waals surface area (Å²) in [7, 11) is 0.